The van der Waals surface area contributed by atoms with Crippen molar-refractivity contribution in [2.24, 2.45) is 0 Å². The van der Waals surface area contributed by atoms with Crippen LogP contribution in [-0.2, 0) is 9.84 Å². The number of hydrogen-bond donors (Lipinski definition) is 3. The van der Waals surface area contributed by atoms with Crippen LogP contribution in [0.1, 0.15) is 36.8 Å². The third-order valence-electron chi connectivity index (χ3n) is 3.77. The molecule has 0 unspecified atom stereocenters. The summed E-state index contributed by atoms with van der Waals surface area (Å²) in [6.07, 6.45) is 12.2. The highest BCUT2D eigenvalue weighted by molar-refractivity contribution is 7.90. The lowest BCUT2D eigenvalue weighted by atomic mass is 10.1. The zero-order chi connectivity index (χ0) is 22.2. The van der Waals surface area contributed by atoms with Crippen LogP contribution in [0.3, 0.4) is 0 Å². The van der Waals surface area contributed by atoms with Crippen molar-refractivity contribution in [2.45, 2.75) is 30.8 Å². The lowest BCUT2D eigenvalue weighted by Crippen LogP contribution is -2.13. The summed E-state index contributed by atoms with van der Waals surface area (Å²) in [5, 5.41) is 9.65. The molecule has 0 bridgehead atoms. The third-order valence-corrected chi connectivity index (χ3v) is 4.61. The summed E-state index contributed by atoms with van der Waals surface area (Å²) in [5.74, 6) is -0.763. The van der Waals surface area contributed by atoms with Crippen LogP contribution < -0.4 is 11.1 Å². The van der Waals surface area contributed by atoms with Gasteiger partial charge in [-0.15, -0.1) is 12.8 Å². The van der Waals surface area contributed by atoms with Crippen LogP contribution >= 0.6 is 0 Å². The highest BCUT2D eigenvalue weighted by atomic mass is 32.2. The third kappa shape index (κ3) is 6.80. The summed E-state index contributed by atoms with van der Waals surface area (Å²) >= 11 is 0. The first-order chi connectivity index (χ1) is 13.7. The molecule has 4 N–H and O–H groups in total. The van der Waals surface area contributed by atoms with Crippen molar-refractivity contribution in [3.05, 3.63) is 41.0 Å². The molecule has 0 radical (unpaired) electrons. The zero-order valence-electron chi connectivity index (χ0n) is 16.1. The van der Waals surface area contributed by atoms with Gasteiger partial charge in [0.15, 0.2) is 11.6 Å². The molecule has 1 aromatic heterocycles. The molecule has 2 aromatic rings. The first-order valence-electron chi connectivity index (χ1n) is 8.57. The molecule has 0 spiro atoms. The predicted molar refractivity (Wildman–Crippen MR) is 110 cm³/mol. The molecule has 1 aliphatic carbocycles. The first-order valence-corrected chi connectivity index (χ1v) is 10.5. The average molecular weight is 423 g/mol. The fourth-order valence-corrected chi connectivity index (χ4v) is 2.78. The van der Waals surface area contributed by atoms with Crippen LogP contribution in [0.2, 0.25) is 0 Å². The van der Waals surface area contributed by atoms with E-state index in [1.807, 2.05) is 6.92 Å². The minimum atomic E-state index is -3.51. The Bertz CT molecular complexity index is 990. The van der Waals surface area contributed by atoms with E-state index in [9.17, 15) is 17.2 Å². The number of anilines is 2. The smallest absolute Gasteiger partial charge is 0.250 e. The molecule has 1 saturated carbocycles. The second-order valence-corrected chi connectivity index (χ2v) is 7.96. The Balaban J connectivity index is 0.000000280. The maximum atomic E-state index is 12.6. The van der Waals surface area contributed by atoms with Crippen LogP contribution in [0.4, 0.5) is 20.4 Å². The zero-order valence-corrected chi connectivity index (χ0v) is 16.9. The molecule has 10 heteroatoms. The van der Waals surface area contributed by atoms with Gasteiger partial charge in [0, 0.05) is 19.0 Å². The number of halogens is 2. The number of sulfone groups is 1. The second kappa shape index (κ2) is 10.5. The van der Waals surface area contributed by atoms with E-state index in [-0.39, 0.29) is 22.4 Å². The van der Waals surface area contributed by atoms with Gasteiger partial charge in [-0.3, -0.25) is 0 Å². The van der Waals surface area contributed by atoms with Gasteiger partial charge in [-0.25, -0.2) is 27.2 Å². The van der Waals surface area contributed by atoms with Crippen molar-refractivity contribution < 1.29 is 17.2 Å². The van der Waals surface area contributed by atoms with Crippen molar-refractivity contribution in [1.29, 1.82) is 5.41 Å². The molecule has 1 aromatic carbocycles. The summed E-state index contributed by atoms with van der Waals surface area (Å²) in [6.45, 7) is 2.37. The monoisotopic (exact) mass is 423 g/mol. The summed E-state index contributed by atoms with van der Waals surface area (Å²) in [4.78, 5) is 7.47. The van der Waals surface area contributed by atoms with Crippen molar-refractivity contribution in [2.75, 3.05) is 23.9 Å². The number of nitrogens with zero attached hydrogens (tertiary/aromatic N) is 2. The summed E-state index contributed by atoms with van der Waals surface area (Å²) in [5.41, 5.74) is 6.77. The summed E-state index contributed by atoms with van der Waals surface area (Å²) in [6, 6.07) is 4.16. The predicted octanol–water partition coefficient (Wildman–Crippen LogP) is 2.98. The van der Waals surface area contributed by atoms with Crippen LogP contribution in [-0.4, -0.2) is 37.4 Å². The molecule has 1 heterocycles. The van der Waals surface area contributed by atoms with Crippen molar-refractivity contribution >= 4 is 27.7 Å². The number of hydrogen-bond acceptors (Lipinski definition) is 7. The molecule has 1 fully saturated rings. The number of benzene rings is 1. The number of nitrogen functional groups attached to an aromatic ring is 1. The lowest BCUT2D eigenvalue weighted by molar-refractivity contribution is 0.507. The van der Waals surface area contributed by atoms with E-state index in [4.69, 9.17) is 11.1 Å². The molecule has 0 saturated heterocycles. The molecular formula is C19H23F2N5O2S. The highest BCUT2D eigenvalue weighted by Gasteiger charge is 2.24. The Labute approximate surface area is 169 Å². The van der Waals surface area contributed by atoms with Gasteiger partial charge in [0.05, 0.1) is 5.56 Å². The number of aromatic nitrogens is 2. The van der Waals surface area contributed by atoms with E-state index in [2.05, 4.69) is 28.1 Å². The molecule has 0 atom stereocenters. The molecule has 7 nitrogen and oxygen atoms in total. The first kappa shape index (κ1) is 24.0. The second-order valence-electron chi connectivity index (χ2n) is 6.05. The Morgan fingerprint density at radius 1 is 1.28 bits per heavy atom. The minimum absolute atomic E-state index is 0.0265. The van der Waals surface area contributed by atoms with Gasteiger partial charge in [-0.2, -0.15) is 0 Å². The van der Waals surface area contributed by atoms with Gasteiger partial charge >= 0.3 is 0 Å². The van der Waals surface area contributed by atoms with Crippen LogP contribution in [0.5, 0.6) is 0 Å². The topological polar surface area (TPSA) is 122 Å². The number of nitrogens with one attached hydrogen (secondary N) is 2. The molecule has 29 heavy (non-hydrogen) atoms. The van der Waals surface area contributed by atoms with Gasteiger partial charge in [-0.1, -0.05) is 6.07 Å². The van der Waals surface area contributed by atoms with Crippen LogP contribution in [0.15, 0.2) is 23.4 Å². The number of rotatable bonds is 5. The molecule has 1 aliphatic rings. The van der Waals surface area contributed by atoms with Gasteiger partial charge in [0.25, 0.3) is 5.16 Å². The van der Waals surface area contributed by atoms with E-state index >= 15 is 0 Å². The van der Waals surface area contributed by atoms with Gasteiger partial charge < -0.3 is 16.5 Å². The van der Waals surface area contributed by atoms with Gasteiger partial charge in [-0.05, 0) is 43.4 Å². The van der Waals surface area contributed by atoms with Crippen molar-refractivity contribution in [3.8, 4) is 12.8 Å². The molecule has 0 amide bonds. The maximum Gasteiger partial charge on any atom is 0.250 e. The average Bonchev–Trinajstić information content (AvgIpc) is 3.51. The summed E-state index contributed by atoms with van der Waals surface area (Å²) < 4.78 is 47.6. The van der Waals surface area contributed by atoms with E-state index in [1.54, 1.807) is 6.07 Å². The Kier molecular flexibility index (Phi) is 8.66. The quantitative estimate of drug-likeness (QED) is 0.386. The Morgan fingerprint density at radius 2 is 1.90 bits per heavy atom. The van der Waals surface area contributed by atoms with Crippen molar-refractivity contribution in [3.63, 3.8) is 0 Å². The molecule has 156 valence electrons. The standard InChI is InChI=1S/C9H8F2.C8H13N5O2S.C2H2/c10-8-4-3-7(5-9(8)11)6-1-2-6;1-3-11-7-5(4-9)6(10)12-8(13-7)16(2,14)15;1-2/h3-6H,1-2H2;4,9H,3H2,1-2H3,(H3,10,11,12,13);1-2H. The SMILES string of the molecule is C#C.CCNc1nc(S(C)(=O)=O)nc(N)c1C=N.Fc1ccc(C2CC2)cc1F. The fraction of sp³-hybridized carbons (Fsp3) is 0.316. The van der Waals surface area contributed by atoms with Gasteiger partial charge in [0.1, 0.15) is 11.6 Å². The van der Waals surface area contributed by atoms with Gasteiger partial charge in [0.2, 0.25) is 9.84 Å². The number of terminal acetylenes is 1. The molecule has 3 rings (SSSR count). The maximum absolute atomic E-state index is 12.6. The number of nitrogens with two attached hydrogens (primary N) is 1. The van der Waals surface area contributed by atoms with E-state index in [0.29, 0.717) is 12.5 Å². The fourth-order valence-electron chi connectivity index (χ4n) is 2.26. The normalized spacial score (nSPS) is 12.6. The molecule has 0 aliphatic heterocycles. The Hall–Kier alpha value is -3.06. The van der Waals surface area contributed by atoms with E-state index in [1.165, 1.54) is 12.1 Å². The molecular weight excluding hydrogens is 400 g/mol. The minimum Gasteiger partial charge on any atom is -0.383 e. The van der Waals surface area contributed by atoms with Crippen LogP contribution in [0.25, 0.3) is 0 Å². The summed E-state index contributed by atoms with van der Waals surface area (Å²) in [7, 11) is -3.51. The van der Waals surface area contributed by atoms with E-state index < -0.39 is 21.5 Å². The highest BCUT2D eigenvalue weighted by Crippen LogP contribution is 2.40. The Morgan fingerprint density at radius 3 is 2.34 bits per heavy atom. The van der Waals surface area contributed by atoms with E-state index in [0.717, 1.165) is 30.9 Å². The lowest BCUT2D eigenvalue weighted by Gasteiger charge is -2.09. The van der Waals surface area contributed by atoms with Crippen molar-refractivity contribution in [1.82, 2.24) is 9.97 Å². The van der Waals surface area contributed by atoms with Crippen LogP contribution in [0, 0.1) is 29.9 Å². The largest absolute Gasteiger partial charge is 0.383 e.